The molecule has 0 aliphatic rings. The van der Waals surface area contributed by atoms with Gasteiger partial charge in [-0.15, -0.1) is 0 Å². The molecule has 0 radical (unpaired) electrons. The van der Waals surface area contributed by atoms with Crippen molar-refractivity contribution in [3.8, 4) is 0 Å². The van der Waals surface area contributed by atoms with E-state index in [4.69, 9.17) is 18.5 Å². The van der Waals surface area contributed by atoms with E-state index in [1.165, 1.54) is 193 Å². The Labute approximate surface area is 581 Å². The van der Waals surface area contributed by atoms with Crippen LogP contribution in [0.15, 0.2) is 134 Å². The second-order valence-corrected chi connectivity index (χ2v) is 28.4. The van der Waals surface area contributed by atoms with Crippen molar-refractivity contribution >= 4 is 19.8 Å². The highest BCUT2D eigenvalue weighted by Crippen LogP contribution is 2.38. The Morgan fingerprint density at radius 3 is 0.904 bits per heavy atom. The molecular formula is C84H146NO8P. The van der Waals surface area contributed by atoms with Gasteiger partial charge in [-0.05, 0) is 116 Å². The minimum absolute atomic E-state index is 0.0413. The normalized spacial score (nSPS) is 13.8. The predicted octanol–water partition coefficient (Wildman–Crippen LogP) is 25.3. The van der Waals surface area contributed by atoms with Gasteiger partial charge in [-0.25, -0.2) is 0 Å². The van der Waals surface area contributed by atoms with Crippen LogP contribution in [0, 0.1) is 0 Å². The van der Waals surface area contributed by atoms with Gasteiger partial charge < -0.3 is 27.9 Å². The Morgan fingerprint density at radius 2 is 0.606 bits per heavy atom. The number of nitrogens with zero attached hydrogens (tertiary/aromatic N) is 1. The summed E-state index contributed by atoms with van der Waals surface area (Å²) in [5, 5.41) is 0. The molecule has 10 heteroatoms. The highest BCUT2D eigenvalue weighted by Gasteiger charge is 2.22. The van der Waals surface area contributed by atoms with Crippen LogP contribution in [-0.2, 0) is 32.7 Å². The second kappa shape index (κ2) is 73.4. The largest absolute Gasteiger partial charge is 0.756 e. The molecule has 0 bridgehead atoms. The minimum atomic E-state index is -4.66. The van der Waals surface area contributed by atoms with Crippen LogP contribution < -0.4 is 4.89 Å². The number of allylic oxidation sites excluding steroid dienone is 22. The summed E-state index contributed by atoms with van der Waals surface area (Å²) < 4.78 is 34.3. The van der Waals surface area contributed by atoms with Crippen LogP contribution in [0.1, 0.15) is 335 Å². The SMILES string of the molecule is CC/C=C\C/C=C\C/C=C\C/C=C\C/C=C\C/C=C\C/C=C\C/C=C\CCCCCCC(=O)OC(COC(=O)CCCCCCCCCCCCCCCCCCCCCCCCCCCC/C=C\C/C=C\C/C=C\CCCCCCC)COP(=O)([O-])OCC[N+](C)(C)C. The van der Waals surface area contributed by atoms with Crippen molar-refractivity contribution in [3.63, 3.8) is 0 Å². The molecule has 0 fully saturated rings. The lowest BCUT2D eigenvalue weighted by Gasteiger charge is -2.28. The van der Waals surface area contributed by atoms with Gasteiger partial charge in [-0.3, -0.25) is 14.2 Å². The molecule has 0 aromatic heterocycles. The predicted molar refractivity (Wildman–Crippen MR) is 406 cm³/mol. The first-order valence-corrected chi connectivity index (χ1v) is 40.4. The van der Waals surface area contributed by atoms with Crippen LogP contribution in [0.3, 0.4) is 0 Å². The molecule has 94 heavy (non-hydrogen) atoms. The highest BCUT2D eigenvalue weighted by atomic mass is 31.2. The molecule has 2 atom stereocenters. The summed E-state index contributed by atoms with van der Waals surface area (Å²) >= 11 is 0. The number of ether oxygens (including phenoxy) is 2. The monoisotopic (exact) mass is 1330 g/mol. The standard InChI is InChI=1S/C84H146NO8P/c1-6-8-10-12-14-16-18-20-22-24-26-28-30-32-34-36-37-38-39-40-41-42-43-44-45-46-47-49-50-52-54-56-58-60-62-64-66-68-70-72-74-76-83(86)90-80-82(81-92-94(88,89)91-79-78-85(3,4)5)93-84(87)77-75-73-71-69-67-65-63-61-59-57-55-53-51-48-35-33-31-29-27-25-23-21-19-17-15-13-11-9-7-2/h9,11,15,17-18,20-21,23-24,26-27,29-30,32-33,35,51,53,57,59,63,65,82H,6-8,10,12-14,16,19,22,25,28,31,34,36-50,52,54-56,58,60-62,64,66-81H2,1-5H3/b11-9-,17-15-,20-18-,23-21-,26-24-,29-27-,32-30-,35-33-,53-51-,59-57-,65-63-. The summed E-state index contributed by atoms with van der Waals surface area (Å²) in [6, 6.07) is 0. The molecule has 0 aromatic rings. The van der Waals surface area contributed by atoms with E-state index in [0.29, 0.717) is 17.4 Å². The Balaban J connectivity index is 3.99. The van der Waals surface area contributed by atoms with Gasteiger partial charge in [0.05, 0.1) is 27.7 Å². The van der Waals surface area contributed by atoms with Gasteiger partial charge in [0.15, 0.2) is 6.10 Å². The summed E-state index contributed by atoms with van der Waals surface area (Å²) in [5.74, 6) is -0.859. The lowest BCUT2D eigenvalue weighted by atomic mass is 10.0. The van der Waals surface area contributed by atoms with Gasteiger partial charge in [-0.1, -0.05) is 340 Å². The number of hydrogen-bond donors (Lipinski definition) is 0. The quantitative estimate of drug-likeness (QED) is 0.0195. The van der Waals surface area contributed by atoms with Crippen molar-refractivity contribution < 1.29 is 42.1 Å². The molecular weight excluding hydrogens is 1180 g/mol. The molecule has 0 aromatic carbocycles. The van der Waals surface area contributed by atoms with Crippen LogP contribution in [0.2, 0.25) is 0 Å². The average molecular weight is 1330 g/mol. The van der Waals surface area contributed by atoms with Gasteiger partial charge in [0, 0.05) is 12.8 Å². The van der Waals surface area contributed by atoms with Crippen molar-refractivity contribution in [1.82, 2.24) is 0 Å². The second-order valence-electron chi connectivity index (χ2n) is 27.0. The lowest BCUT2D eigenvalue weighted by Crippen LogP contribution is -2.37. The fraction of sp³-hybridized carbons (Fsp3) is 0.714. The maximum Gasteiger partial charge on any atom is 0.306 e. The number of esters is 2. The Bertz CT molecular complexity index is 2050. The molecule has 0 aliphatic heterocycles. The zero-order chi connectivity index (χ0) is 68.3. The molecule has 0 spiro atoms. The van der Waals surface area contributed by atoms with Crippen LogP contribution in [0.4, 0.5) is 0 Å². The Kier molecular flexibility index (Phi) is 70.4. The van der Waals surface area contributed by atoms with Crippen LogP contribution in [-0.4, -0.2) is 70.0 Å². The third-order valence-corrected chi connectivity index (χ3v) is 17.6. The van der Waals surface area contributed by atoms with E-state index in [1.54, 1.807) is 0 Å². The van der Waals surface area contributed by atoms with Crippen molar-refractivity contribution in [3.05, 3.63) is 134 Å². The number of rotatable bonds is 71. The molecule has 0 saturated carbocycles. The molecule has 540 valence electrons. The number of phosphoric ester groups is 1. The smallest absolute Gasteiger partial charge is 0.306 e. The zero-order valence-electron chi connectivity index (χ0n) is 61.6. The van der Waals surface area contributed by atoms with E-state index in [9.17, 15) is 19.0 Å². The average Bonchev–Trinajstić information content (AvgIpc) is 1.65. The third kappa shape index (κ3) is 77.2. The van der Waals surface area contributed by atoms with Gasteiger partial charge in [0.25, 0.3) is 7.82 Å². The van der Waals surface area contributed by atoms with E-state index in [1.807, 2.05) is 21.1 Å². The van der Waals surface area contributed by atoms with Crippen molar-refractivity contribution in [2.75, 3.05) is 47.5 Å². The van der Waals surface area contributed by atoms with Gasteiger partial charge in [-0.2, -0.15) is 0 Å². The van der Waals surface area contributed by atoms with E-state index in [0.717, 1.165) is 109 Å². The van der Waals surface area contributed by atoms with Crippen LogP contribution in [0.5, 0.6) is 0 Å². The summed E-state index contributed by atoms with van der Waals surface area (Å²) in [5.41, 5.74) is 0. The number of phosphoric acid groups is 1. The Morgan fingerprint density at radius 1 is 0.340 bits per heavy atom. The third-order valence-electron chi connectivity index (χ3n) is 16.7. The lowest BCUT2D eigenvalue weighted by molar-refractivity contribution is -0.870. The number of carbonyl (C=O) groups excluding carboxylic acids is 2. The summed E-state index contributed by atoms with van der Waals surface area (Å²) in [6.07, 6.45) is 107. The van der Waals surface area contributed by atoms with Crippen LogP contribution in [0.25, 0.3) is 0 Å². The van der Waals surface area contributed by atoms with Crippen molar-refractivity contribution in [1.29, 1.82) is 0 Å². The molecule has 0 aliphatic carbocycles. The summed E-state index contributed by atoms with van der Waals surface area (Å²) in [7, 11) is 1.14. The number of likely N-dealkylation sites (N-methyl/N-ethyl adjacent to an activating group) is 1. The topological polar surface area (TPSA) is 111 Å². The number of unbranched alkanes of at least 4 members (excludes halogenated alkanes) is 35. The molecule has 2 unspecified atom stereocenters. The molecule has 9 nitrogen and oxygen atoms in total. The van der Waals surface area contributed by atoms with E-state index < -0.39 is 26.5 Å². The van der Waals surface area contributed by atoms with Crippen LogP contribution >= 0.6 is 7.82 Å². The summed E-state index contributed by atoms with van der Waals surface area (Å²) in [4.78, 5) is 38.1. The van der Waals surface area contributed by atoms with Crippen molar-refractivity contribution in [2.24, 2.45) is 0 Å². The van der Waals surface area contributed by atoms with E-state index in [-0.39, 0.29) is 32.0 Å². The molecule has 0 rings (SSSR count). The number of hydrogen-bond acceptors (Lipinski definition) is 8. The first kappa shape index (κ1) is 90.2. The first-order valence-electron chi connectivity index (χ1n) is 38.9. The fourth-order valence-corrected chi connectivity index (χ4v) is 11.5. The molecule has 0 N–H and O–H groups in total. The number of quaternary nitrogens is 1. The van der Waals surface area contributed by atoms with Gasteiger partial charge >= 0.3 is 11.9 Å². The van der Waals surface area contributed by atoms with Crippen molar-refractivity contribution in [2.45, 2.75) is 341 Å². The first-order chi connectivity index (χ1) is 46.0. The number of carbonyl (C=O) groups is 2. The summed E-state index contributed by atoms with van der Waals surface area (Å²) in [6.45, 7) is 4.10. The maximum absolute atomic E-state index is 12.9. The highest BCUT2D eigenvalue weighted by molar-refractivity contribution is 7.45. The Hall–Kier alpha value is -3.85. The zero-order valence-corrected chi connectivity index (χ0v) is 62.5. The van der Waals surface area contributed by atoms with Gasteiger partial charge in [0.1, 0.15) is 19.8 Å². The molecule has 0 saturated heterocycles. The van der Waals surface area contributed by atoms with E-state index in [2.05, 4.69) is 148 Å². The maximum atomic E-state index is 12.9. The van der Waals surface area contributed by atoms with Gasteiger partial charge in [0.2, 0.25) is 0 Å². The fourth-order valence-electron chi connectivity index (χ4n) is 10.7. The minimum Gasteiger partial charge on any atom is -0.756 e. The van der Waals surface area contributed by atoms with E-state index >= 15 is 0 Å². The molecule has 0 heterocycles. The molecule has 0 amide bonds.